The van der Waals surface area contributed by atoms with E-state index >= 15 is 0 Å². The first-order valence-corrected chi connectivity index (χ1v) is 14.2. The molecule has 0 aliphatic carbocycles. The second-order valence-electron chi connectivity index (χ2n) is 8.87. The zero-order valence-electron chi connectivity index (χ0n) is 21.0. The van der Waals surface area contributed by atoms with Crippen LogP contribution in [0, 0.1) is 0 Å². The summed E-state index contributed by atoms with van der Waals surface area (Å²) in [5.74, 6) is -0.783. The summed E-state index contributed by atoms with van der Waals surface area (Å²) in [6.45, 7) is 1.86. The van der Waals surface area contributed by atoms with Gasteiger partial charge in [0, 0.05) is 24.7 Å². The third-order valence-electron chi connectivity index (χ3n) is 5.97. The van der Waals surface area contributed by atoms with Gasteiger partial charge in [0.2, 0.25) is 21.8 Å². The highest BCUT2D eigenvalue weighted by molar-refractivity contribution is 7.88. The van der Waals surface area contributed by atoms with Crippen molar-refractivity contribution < 1.29 is 18.0 Å². The Morgan fingerprint density at radius 2 is 1.38 bits per heavy atom. The molecule has 2 amide bonds. The van der Waals surface area contributed by atoms with Gasteiger partial charge in [-0.2, -0.15) is 4.31 Å². The van der Waals surface area contributed by atoms with Crippen LogP contribution in [-0.4, -0.2) is 54.8 Å². The maximum Gasteiger partial charge on any atom is 0.242 e. The standard InChI is InChI=1S/C28H32ClN3O4S/c1-22(28(34)30-18-17-23-9-5-3-6-10-23)32(20-25-13-15-26(29)16-14-25)27(33)21-31(37(2,35)36)19-24-11-7-4-8-12-24/h3-16,22H,17-21H2,1-2H3,(H,30,34). The maximum atomic E-state index is 13.5. The number of hydrogen-bond acceptors (Lipinski definition) is 4. The summed E-state index contributed by atoms with van der Waals surface area (Å²) in [7, 11) is -3.69. The Balaban J connectivity index is 1.76. The van der Waals surface area contributed by atoms with E-state index in [1.54, 1.807) is 43.3 Å². The van der Waals surface area contributed by atoms with Crippen LogP contribution in [0.25, 0.3) is 0 Å². The van der Waals surface area contributed by atoms with E-state index in [9.17, 15) is 18.0 Å². The molecule has 0 aliphatic heterocycles. The highest BCUT2D eigenvalue weighted by atomic mass is 35.5. The second-order valence-corrected chi connectivity index (χ2v) is 11.3. The summed E-state index contributed by atoms with van der Waals surface area (Å²) >= 11 is 6.01. The number of benzene rings is 3. The molecule has 0 bridgehead atoms. The Morgan fingerprint density at radius 1 is 0.838 bits per heavy atom. The quantitative estimate of drug-likeness (QED) is 0.377. The number of carbonyl (C=O) groups is 2. The fourth-order valence-electron chi connectivity index (χ4n) is 3.81. The predicted octanol–water partition coefficient (Wildman–Crippen LogP) is 3.88. The molecule has 0 aliphatic rings. The molecule has 0 aromatic heterocycles. The lowest BCUT2D eigenvalue weighted by Gasteiger charge is -2.31. The first-order valence-electron chi connectivity index (χ1n) is 12.0. The first-order chi connectivity index (χ1) is 17.6. The van der Waals surface area contributed by atoms with Gasteiger partial charge in [0.15, 0.2) is 0 Å². The van der Waals surface area contributed by atoms with Crippen molar-refractivity contribution in [3.05, 3.63) is 107 Å². The number of hydrogen-bond donors (Lipinski definition) is 1. The lowest BCUT2D eigenvalue weighted by atomic mass is 10.1. The van der Waals surface area contributed by atoms with Crippen LogP contribution in [0.5, 0.6) is 0 Å². The SMILES string of the molecule is CC(C(=O)NCCc1ccccc1)N(Cc1ccc(Cl)cc1)C(=O)CN(Cc1ccccc1)S(C)(=O)=O. The average molecular weight is 542 g/mol. The molecular weight excluding hydrogens is 510 g/mol. The van der Waals surface area contributed by atoms with Crippen molar-refractivity contribution in [1.82, 2.24) is 14.5 Å². The Kier molecular flexibility index (Phi) is 10.3. The molecular formula is C28H32ClN3O4S. The molecule has 0 radical (unpaired) electrons. The van der Waals surface area contributed by atoms with Crippen LogP contribution in [0.1, 0.15) is 23.6 Å². The molecule has 0 saturated heterocycles. The molecule has 3 aromatic carbocycles. The van der Waals surface area contributed by atoms with Gasteiger partial charge in [-0.05, 0) is 42.2 Å². The first kappa shape index (κ1) is 28.4. The van der Waals surface area contributed by atoms with Gasteiger partial charge in [0.1, 0.15) is 6.04 Å². The molecule has 0 fully saturated rings. The molecule has 196 valence electrons. The van der Waals surface area contributed by atoms with Crippen LogP contribution in [-0.2, 0) is 39.1 Å². The van der Waals surface area contributed by atoms with E-state index in [0.717, 1.165) is 27.3 Å². The van der Waals surface area contributed by atoms with E-state index in [0.29, 0.717) is 18.0 Å². The van der Waals surface area contributed by atoms with Gasteiger partial charge >= 0.3 is 0 Å². The van der Waals surface area contributed by atoms with E-state index in [2.05, 4.69) is 5.32 Å². The summed E-state index contributed by atoms with van der Waals surface area (Å²) in [5.41, 5.74) is 2.63. The van der Waals surface area contributed by atoms with Crippen molar-refractivity contribution in [2.45, 2.75) is 32.5 Å². The van der Waals surface area contributed by atoms with E-state index < -0.39 is 22.0 Å². The molecule has 0 heterocycles. The zero-order chi connectivity index (χ0) is 26.8. The molecule has 0 saturated carbocycles. The molecule has 0 spiro atoms. The highest BCUT2D eigenvalue weighted by Gasteiger charge is 2.29. The van der Waals surface area contributed by atoms with Gasteiger partial charge in [-0.25, -0.2) is 8.42 Å². The fraction of sp³-hybridized carbons (Fsp3) is 0.286. The molecule has 1 atom stereocenters. The van der Waals surface area contributed by atoms with Crippen LogP contribution < -0.4 is 5.32 Å². The predicted molar refractivity (Wildman–Crippen MR) is 146 cm³/mol. The normalized spacial score (nSPS) is 12.2. The molecule has 37 heavy (non-hydrogen) atoms. The average Bonchev–Trinajstić information content (AvgIpc) is 2.88. The van der Waals surface area contributed by atoms with Crippen molar-refractivity contribution in [3.8, 4) is 0 Å². The molecule has 3 aromatic rings. The number of sulfonamides is 1. The number of nitrogens with one attached hydrogen (secondary N) is 1. The minimum atomic E-state index is -3.69. The Bertz CT molecular complexity index is 1270. The zero-order valence-corrected chi connectivity index (χ0v) is 22.6. The van der Waals surface area contributed by atoms with Gasteiger partial charge in [0.05, 0.1) is 12.8 Å². The monoisotopic (exact) mass is 541 g/mol. The third kappa shape index (κ3) is 9.00. The number of halogens is 1. The van der Waals surface area contributed by atoms with Crippen LogP contribution in [0.2, 0.25) is 5.02 Å². The van der Waals surface area contributed by atoms with E-state index in [1.807, 2.05) is 48.5 Å². The van der Waals surface area contributed by atoms with Crippen molar-refractivity contribution in [3.63, 3.8) is 0 Å². The van der Waals surface area contributed by atoms with Gasteiger partial charge in [-0.1, -0.05) is 84.4 Å². The largest absolute Gasteiger partial charge is 0.354 e. The summed E-state index contributed by atoms with van der Waals surface area (Å²) in [4.78, 5) is 28.0. The topological polar surface area (TPSA) is 86.8 Å². The minimum Gasteiger partial charge on any atom is -0.354 e. The van der Waals surface area contributed by atoms with Crippen molar-refractivity contribution >= 4 is 33.4 Å². The van der Waals surface area contributed by atoms with Crippen LogP contribution in [0.3, 0.4) is 0 Å². The third-order valence-corrected chi connectivity index (χ3v) is 7.42. The van der Waals surface area contributed by atoms with Gasteiger partial charge in [-0.15, -0.1) is 0 Å². The van der Waals surface area contributed by atoms with Crippen LogP contribution in [0.15, 0.2) is 84.9 Å². The van der Waals surface area contributed by atoms with Crippen LogP contribution in [0.4, 0.5) is 0 Å². The van der Waals surface area contributed by atoms with Crippen molar-refractivity contribution in [2.24, 2.45) is 0 Å². The Hall–Kier alpha value is -3.20. The smallest absolute Gasteiger partial charge is 0.242 e. The van der Waals surface area contributed by atoms with Crippen LogP contribution >= 0.6 is 11.6 Å². The minimum absolute atomic E-state index is 0.0534. The molecule has 3 rings (SSSR count). The summed E-state index contributed by atoms with van der Waals surface area (Å²) < 4.78 is 26.2. The summed E-state index contributed by atoms with van der Waals surface area (Å²) in [6.07, 6.45) is 1.73. The second kappa shape index (κ2) is 13.4. The van der Waals surface area contributed by atoms with Gasteiger partial charge in [-0.3, -0.25) is 9.59 Å². The number of carbonyl (C=O) groups excluding carboxylic acids is 2. The van der Waals surface area contributed by atoms with Crippen molar-refractivity contribution in [1.29, 1.82) is 0 Å². The summed E-state index contributed by atoms with van der Waals surface area (Å²) in [6, 6.07) is 25.0. The lowest BCUT2D eigenvalue weighted by Crippen LogP contribution is -2.51. The number of nitrogens with zero attached hydrogens (tertiary/aromatic N) is 2. The van der Waals surface area contributed by atoms with Crippen molar-refractivity contribution in [2.75, 3.05) is 19.3 Å². The number of rotatable bonds is 12. The van der Waals surface area contributed by atoms with E-state index in [1.165, 1.54) is 4.90 Å². The van der Waals surface area contributed by atoms with E-state index in [-0.39, 0.29) is 25.5 Å². The number of amides is 2. The maximum absolute atomic E-state index is 13.5. The Labute approximate surface area is 224 Å². The summed E-state index contributed by atoms with van der Waals surface area (Å²) in [5, 5.41) is 3.45. The van der Waals surface area contributed by atoms with E-state index in [4.69, 9.17) is 11.6 Å². The molecule has 1 unspecified atom stereocenters. The van der Waals surface area contributed by atoms with Gasteiger partial charge < -0.3 is 10.2 Å². The Morgan fingerprint density at radius 3 is 1.95 bits per heavy atom. The lowest BCUT2D eigenvalue weighted by molar-refractivity contribution is -0.140. The molecule has 9 heteroatoms. The van der Waals surface area contributed by atoms with Gasteiger partial charge in [0.25, 0.3) is 0 Å². The molecule has 1 N–H and O–H groups in total. The highest BCUT2D eigenvalue weighted by Crippen LogP contribution is 2.16. The fourth-order valence-corrected chi connectivity index (χ4v) is 4.67. The molecule has 7 nitrogen and oxygen atoms in total.